The molecule has 0 aromatic carbocycles. The zero-order chi connectivity index (χ0) is 9.49. The molecule has 0 aromatic rings. The fourth-order valence-corrected chi connectivity index (χ4v) is 0. The Morgan fingerprint density at radius 2 is 1.73 bits per heavy atom. The summed E-state index contributed by atoms with van der Waals surface area (Å²) in [5, 5.41) is 7.74. The van der Waals surface area contributed by atoms with Crippen LogP contribution in [0.2, 0.25) is 0 Å². The van der Waals surface area contributed by atoms with Crippen LogP contribution in [0.4, 0.5) is 13.2 Å². The number of aliphatic hydroxyl groups is 1. The molecule has 2 nitrogen and oxygen atoms in total. The van der Waals surface area contributed by atoms with Crippen LogP contribution >= 0.6 is 11.6 Å². The first-order chi connectivity index (χ1) is 4.86. The minimum Gasteiger partial charge on any atom is -0.395 e. The third kappa shape index (κ3) is 12.8. The largest absolute Gasteiger partial charge is 0.449 e. The van der Waals surface area contributed by atoms with Gasteiger partial charge >= 0.3 is 6.18 Å². The monoisotopic (exact) mass is 192 g/mol. The van der Waals surface area contributed by atoms with Crippen LogP contribution in [0.3, 0.4) is 0 Å². The molecule has 0 unspecified atom stereocenters. The van der Waals surface area contributed by atoms with Gasteiger partial charge in [0.15, 0.2) is 0 Å². The van der Waals surface area contributed by atoms with Crippen molar-refractivity contribution in [3.8, 4) is 0 Å². The highest BCUT2D eigenvalue weighted by molar-refractivity contribution is 6.17. The first-order valence-electron chi connectivity index (χ1n) is 2.60. The van der Waals surface area contributed by atoms with E-state index in [1.807, 2.05) is 0 Å². The fourth-order valence-electron chi connectivity index (χ4n) is 0. The van der Waals surface area contributed by atoms with Gasteiger partial charge in [0, 0.05) is 12.8 Å². The highest BCUT2D eigenvalue weighted by Gasteiger charge is 2.33. The molecule has 0 spiro atoms. The molecule has 0 aliphatic carbocycles. The lowest BCUT2D eigenvalue weighted by atomic mass is 10.5. The summed E-state index contributed by atoms with van der Waals surface area (Å²) >= 11 is 4.94. The van der Waals surface area contributed by atoms with E-state index in [0.29, 0.717) is 12.8 Å². The van der Waals surface area contributed by atoms with Crippen LogP contribution in [-0.4, -0.2) is 29.6 Å². The summed E-state index contributed by atoms with van der Waals surface area (Å²) in [5.41, 5.74) is 0. The summed E-state index contributed by atoms with van der Waals surface area (Å²) in [6.07, 6.45) is -4.64. The van der Waals surface area contributed by atoms with Crippen LogP contribution in [0.15, 0.2) is 0 Å². The topological polar surface area (TPSA) is 37.3 Å². The molecule has 0 saturated heterocycles. The van der Waals surface area contributed by atoms with E-state index in [2.05, 4.69) is 0 Å². The second kappa shape index (κ2) is 6.42. The standard InChI is InChI=1S/C3H3F3O.C2H5ClO/c1-2(7)3(4,5)6;3-1-2-4/h1H3;4H,1-2H2. The summed E-state index contributed by atoms with van der Waals surface area (Å²) in [7, 11) is 0. The molecular weight excluding hydrogens is 184 g/mol. The average molecular weight is 193 g/mol. The number of aliphatic hydroxyl groups excluding tert-OH is 1. The number of hydrogen-bond donors (Lipinski definition) is 1. The summed E-state index contributed by atoms with van der Waals surface area (Å²) in [6, 6.07) is 0. The molecular formula is C5H8ClF3O2. The average Bonchev–Trinajstić information content (AvgIpc) is 1.87. The molecule has 0 heterocycles. The predicted octanol–water partition coefficient (Wildman–Crippen LogP) is 1.36. The van der Waals surface area contributed by atoms with Crippen molar-refractivity contribution in [3.63, 3.8) is 0 Å². The normalized spacial score (nSPS) is 10.0. The van der Waals surface area contributed by atoms with Gasteiger partial charge in [-0.1, -0.05) is 0 Å². The van der Waals surface area contributed by atoms with Gasteiger partial charge in [0.1, 0.15) is 0 Å². The molecule has 6 heteroatoms. The maximum Gasteiger partial charge on any atom is 0.449 e. The number of ketones is 1. The van der Waals surface area contributed by atoms with E-state index in [0.717, 1.165) is 0 Å². The van der Waals surface area contributed by atoms with Crippen molar-refractivity contribution in [1.82, 2.24) is 0 Å². The SMILES string of the molecule is CC(=O)C(F)(F)F.OCCCl. The third-order valence-electron chi connectivity index (χ3n) is 0.484. The van der Waals surface area contributed by atoms with Gasteiger partial charge in [0.05, 0.1) is 6.61 Å². The number of halogens is 4. The minimum absolute atomic E-state index is 0.0849. The molecule has 0 amide bonds. The number of carbonyl (C=O) groups is 1. The Morgan fingerprint density at radius 1 is 1.55 bits per heavy atom. The highest BCUT2D eigenvalue weighted by atomic mass is 35.5. The third-order valence-corrected chi connectivity index (χ3v) is 0.653. The first-order valence-corrected chi connectivity index (χ1v) is 3.14. The molecule has 0 aliphatic rings. The van der Waals surface area contributed by atoms with E-state index in [-0.39, 0.29) is 6.61 Å². The number of carbonyl (C=O) groups excluding carboxylic acids is 1. The van der Waals surface area contributed by atoms with Gasteiger partial charge in [0.2, 0.25) is 5.78 Å². The lowest BCUT2D eigenvalue weighted by Gasteiger charge is -1.95. The van der Waals surface area contributed by atoms with Crippen LogP contribution < -0.4 is 0 Å². The van der Waals surface area contributed by atoms with Gasteiger partial charge < -0.3 is 5.11 Å². The van der Waals surface area contributed by atoms with Crippen LogP contribution in [0, 0.1) is 0 Å². The molecule has 11 heavy (non-hydrogen) atoms. The molecule has 68 valence electrons. The molecule has 0 fully saturated rings. The Balaban J connectivity index is 0. The Labute approximate surface area is 67.0 Å². The van der Waals surface area contributed by atoms with E-state index < -0.39 is 12.0 Å². The van der Waals surface area contributed by atoms with Crippen LogP contribution in [-0.2, 0) is 4.79 Å². The molecule has 0 bridgehead atoms. The van der Waals surface area contributed by atoms with Crippen molar-refractivity contribution in [1.29, 1.82) is 0 Å². The van der Waals surface area contributed by atoms with Gasteiger partial charge in [-0.3, -0.25) is 4.79 Å². The van der Waals surface area contributed by atoms with Crippen molar-refractivity contribution in [3.05, 3.63) is 0 Å². The molecule has 0 saturated carbocycles. The lowest BCUT2D eigenvalue weighted by Crippen LogP contribution is -2.18. The van der Waals surface area contributed by atoms with Gasteiger partial charge in [-0.2, -0.15) is 13.2 Å². The van der Waals surface area contributed by atoms with E-state index in [4.69, 9.17) is 16.7 Å². The smallest absolute Gasteiger partial charge is 0.395 e. The van der Waals surface area contributed by atoms with E-state index in [9.17, 15) is 18.0 Å². The lowest BCUT2D eigenvalue weighted by molar-refractivity contribution is -0.168. The van der Waals surface area contributed by atoms with E-state index >= 15 is 0 Å². The maximum atomic E-state index is 10.8. The zero-order valence-corrected chi connectivity index (χ0v) is 6.54. The molecule has 0 atom stereocenters. The van der Waals surface area contributed by atoms with Gasteiger partial charge in [-0.15, -0.1) is 11.6 Å². The summed E-state index contributed by atoms with van der Waals surface area (Å²) in [6.45, 7) is 0.571. The quantitative estimate of drug-likeness (QED) is 0.637. The van der Waals surface area contributed by atoms with Crippen LogP contribution in [0.25, 0.3) is 0 Å². The summed E-state index contributed by atoms with van der Waals surface area (Å²) in [5.74, 6) is -1.41. The molecule has 0 aliphatic heterocycles. The second-order valence-corrected chi connectivity index (χ2v) is 1.84. The second-order valence-electron chi connectivity index (χ2n) is 1.47. The highest BCUT2D eigenvalue weighted by Crippen LogP contribution is 2.14. The van der Waals surface area contributed by atoms with Gasteiger partial charge in [-0.05, 0) is 0 Å². The number of hydrogen-bond acceptors (Lipinski definition) is 2. The maximum absolute atomic E-state index is 10.8. The van der Waals surface area contributed by atoms with Crippen LogP contribution in [0.1, 0.15) is 6.92 Å². The first kappa shape index (κ1) is 13.3. The van der Waals surface area contributed by atoms with Gasteiger partial charge in [-0.25, -0.2) is 0 Å². The number of rotatable bonds is 1. The predicted molar refractivity (Wildman–Crippen MR) is 34.5 cm³/mol. The van der Waals surface area contributed by atoms with Crippen molar-refractivity contribution in [2.75, 3.05) is 12.5 Å². The van der Waals surface area contributed by atoms with Crippen molar-refractivity contribution >= 4 is 17.4 Å². The summed E-state index contributed by atoms with van der Waals surface area (Å²) in [4.78, 5) is 9.34. The minimum atomic E-state index is -4.64. The molecule has 0 radical (unpaired) electrons. The van der Waals surface area contributed by atoms with Crippen molar-refractivity contribution < 1.29 is 23.1 Å². The Kier molecular flexibility index (Phi) is 7.77. The molecule has 0 aromatic heterocycles. The molecule has 0 rings (SSSR count). The summed E-state index contributed by atoms with van der Waals surface area (Å²) < 4.78 is 32.5. The fraction of sp³-hybridized carbons (Fsp3) is 0.800. The zero-order valence-electron chi connectivity index (χ0n) is 5.78. The number of alkyl halides is 4. The van der Waals surface area contributed by atoms with Gasteiger partial charge in [0.25, 0.3) is 0 Å². The van der Waals surface area contributed by atoms with Crippen LogP contribution in [0.5, 0.6) is 0 Å². The van der Waals surface area contributed by atoms with E-state index in [1.54, 1.807) is 0 Å². The number of Topliss-reactive ketones (excluding diaryl/α,β-unsaturated/α-hetero) is 1. The Morgan fingerprint density at radius 3 is 1.73 bits per heavy atom. The Bertz CT molecular complexity index is 111. The molecule has 1 N–H and O–H groups in total. The van der Waals surface area contributed by atoms with E-state index in [1.165, 1.54) is 0 Å². The Hall–Kier alpha value is -0.290. The van der Waals surface area contributed by atoms with Crippen molar-refractivity contribution in [2.45, 2.75) is 13.1 Å². The van der Waals surface area contributed by atoms with Crippen molar-refractivity contribution in [2.24, 2.45) is 0 Å².